The highest BCUT2D eigenvalue weighted by molar-refractivity contribution is 6.49. The summed E-state index contributed by atoms with van der Waals surface area (Å²) in [4.78, 5) is 12.1. The van der Waals surface area contributed by atoms with Gasteiger partial charge in [0.2, 0.25) is 0 Å². The Labute approximate surface area is 142 Å². The van der Waals surface area contributed by atoms with Gasteiger partial charge < -0.3 is 9.94 Å². The lowest BCUT2D eigenvalue weighted by atomic mass is 9.96. The molecule has 1 aliphatic heterocycles. The van der Waals surface area contributed by atoms with Gasteiger partial charge in [0.05, 0.1) is 5.56 Å². The molecule has 2 N–H and O–H groups in total. The van der Waals surface area contributed by atoms with Crippen LogP contribution in [0.25, 0.3) is 0 Å². The predicted molar refractivity (Wildman–Crippen MR) is 84.8 cm³/mol. The van der Waals surface area contributed by atoms with E-state index in [4.69, 9.17) is 4.74 Å². The van der Waals surface area contributed by atoms with Crippen LogP contribution in [0.2, 0.25) is 0 Å². The van der Waals surface area contributed by atoms with E-state index in [1.165, 1.54) is 6.07 Å². The SMILES string of the molecule is CC1(C)OC(C)(C)C(=NNC(=O)c2cccc(C(F)(F)F)c2)C1=NO. The number of oxime groups is 1. The first kappa shape index (κ1) is 18.9. The summed E-state index contributed by atoms with van der Waals surface area (Å²) in [5, 5.41) is 16.3. The Balaban J connectivity index is 2.28. The maximum atomic E-state index is 12.7. The predicted octanol–water partition coefficient (Wildman–Crippen LogP) is 3.21. The van der Waals surface area contributed by atoms with Crippen LogP contribution in [0.5, 0.6) is 0 Å². The minimum Gasteiger partial charge on any atom is -0.410 e. The lowest BCUT2D eigenvalue weighted by Gasteiger charge is -2.21. The number of alkyl halides is 3. The van der Waals surface area contributed by atoms with E-state index >= 15 is 0 Å². The van der Waals surface area contributed by atoms with Gasteiger partial charge in [-0.2, -0.15) is 18.3 Å². The highest BCUT2D eigenvalue weighted by Gasteiger charge is 2.50. The van der Waals surface area contributed by atoms with Crippen molar-refractivity contribution in [2.75, 3.05) is 0 Å². The quantitative estimate of drug-likeness (QED) is 0.630. The van der Waals surface area contributed by atoms with Crippen molar-refractivity contribution in [3.8, 4) is 0 Å². The maximum absolute atomic E-state index is 12.7. The molecule has 25 heavy (non-hydrogen) atoms. The molecule has 1 aliphatic rings. The molecule has 1 aromatic carbocycles. The Morgan fingerprint density at radius 2 is 1.76 bits per heavy atom. The molecular weight excluding hydrogens is 339 g/mol. The molecule has 0 spiro atoms. The Morgan fingerprint density at radius 3 is 2.32 bits per heavy atom. The molecule has 1 aromatic rings. The first-order valence-electron chi connectivity index (χ1n) is 7.37. The second-order valence-corrected chi connectivity index (χ2v) is 6.55. The number of hydrogen-bond donors (Lipinski definition) is 2. The summed E-state index contributed by atoms with van der Waals surface area (Å²) in [5.74, 6) is -0.823. The largest absolute Gasteiger partial charge is 0.416 e. The van der Waals surface area contributed by atoms with Crippen molar-refractivity contribution in [1.29, 1.82) is 0 Å². The van der Waals surface area contributed by atoms with Crippen molar-refractivity contribution in [1.82, 2.24) is 5.43 Å². The molecule has 0 aliphatic carbocycles. The van der Waals surface area contributed by atoms with E-state index in [1.807, 2.05) is 0 Å². The van der Waals surface area contributed by atoms with Gasteiger partial charge in [0.15, 0.2) is 0 Å². The number of carbonyl (C=O) groups is 1. The number of carbonyl (C=O) groups excluding carboxylic acids is 1. The normalized spacial score (nSPS) is 22.4. The van der Waals surface area contributed by atoms with Gasteiger partial charge in [-0.1, -0.05) is 11.2 Å². The van der Waals surface area contributed by atoms with Crippen LogP contribution in [-0.4, -0.2) is 33.7 Å². The minimum atomic E-state index is -4.55. The van der Waals surface area contributed by atoms with Crippen LogP contribution < -0.4 is 5.43 Å². The topological polar surface area (TPSA) is 83.3 Å². The Bertz CT molecular complexity index is 752. The van der Waals surface area contributed by atoms with Crippen LogP contribution in [0.1, 0.15) is 43.6 Å². The van der Waals surface area contributed by atoms with Gasteiger partial charge >= 0.3 is 6.18 Å². The van der Waals surface area contributed by atoms with Gasteiger partial charge in [0.1, 0.15) is 22.6 Å². The molecular formula is C16H18F3N3O3. The van der Waals surface area contributed by atoms with Gasteiger partial charge in [-0.05, 0) is 45.9 Å². The molecule has 9 heteroatoms. The number of hydrazone groups is 1. The molecule has 1 saturated heterocycles. The summed E-state index contributed by atoms with van der Waals surface area (Å²) in [6.07, 6.45) is -4.55. The van der Waals surface area contributed by atoms with Crippen molar-refractivity contribution in [3.05, 3.63) is 35.4 Å². The summed E-state index contributed by atoms with van der Waals surface area (Å²) in [7, 11) is 0. The van der Waals surface area contributed by atoms with Gasteiger partial charge in [0, 0.05) is 5.56 Å². The zero-order valence-electron chi connectivity index (χ0n) is 14.1. The van der Waals surface area contributed by atoms with Crippen LogP contribution in [0.15, 0.2) is 34.5 Å². The third kappa shape index (κ3) is 3.81. The van der Waals surface area contributed by atoms with Crippen LogP contribution in [0, 0.1) is 0 Å². The summed E-state index contributed by atoms with van der Waals surface area (Å²) < 4.78 is 43.9. The number of hydrogen-bond acceptors (Lipinski definition) is 5. The second-order valence-electron chi connectivity index (χ2n) is 6.55. The molecule has 0 unspecified atom stereocenters. The fourth-order valence-electron chi connectivity index (χ4n) is 2.67. The first-order valence-corrected chi connectivity index (χ1v) is 7.37. The van der Waals surface area contributed by atoms with Crippen molar-refractivity contribution in [3.63, 3.8) is 0 Å². The highest BCUT2D eigenvalue weighted by atomic mass is 19.4. The number of rotatable bonds is 2. The van der Waals surface area contributed by atoms with Gasteiger partial charge in [0.25, 0.3) is 5.91 Å². The molecule has 0 bridgehead atoms. The van der Waals surface area contributed by atoms with Crippen molar-refractivity contribution in [2.45, 2.75) is 45.1 Å². The standard InChI is InChI=1S/C16H18F3N3O3/c1-14(2)11(12(22-24)15(3,4)25-14)20-21-13(23)9-6-5-7-10(8-9)16(17,18)19/h5-8,24H,1-4H3,(H,21,23). The Kier molecular flexibility index (Phi) is 4.65. The first-order chi connectivity index (χ1) is 11.4. The van der Waals surface area contributed by atoms with E-state index in [2.05, 4.69) is 15.7 Å². The Hall–Kier alpha value is -2.42. The van der Waals surface area contributed by atoms with E-state index in [0.29, 0.717) is 0 Å². The van der Waals surface area contributed by atoms with Crippen LogP contribution in [-0.2, 0) is 10.9 Å². The molecule has 6 nitrogen and oxygen atoms in total. The van der Waals surface area contributed by atoms with E-state index < -0.39 is 28.8 Å². The van der Waals surface area contributed by atoms with Gasteiger partial charge in [-0.15, -0.1) is 0 Å². The van der Waals surface area contributed by atoms with E-state index in [1.54, 1.807) is 27.7 Å². The number of nitrogens with one attached hydrogen (secondary N) is 1. The highest BCUT2D eigenvalue weighted by Crippen LogP contribution is 2.33. The lowest BCUT2D eigenvalue weighted by molar-refractivity contribution is -0.137. The van der Waals surface area contributed by atoms with Gasteiger partial charge in [-0.3, -0.25) is 4.79 Å². The summed E-state index contributed by atoms with van der Waals surface area (Å²) in [5.41, 5.74) is -0.521. The average molecular weight is 357 g/mol. The number of nitrogens with zero attached hydrogens (tertiary/aromatic N) is 2. The maximum Gasteiger partial charge on any atom is 0.416 e. The average Bonchev–Trinajstić information content (AvgIpc) is 2.67. The fourth-order valence-corrected chi connectivity index (χ4v) is 2.67. The molecule has 1 amide bonds. The Morgan fingerprint density at radius 1 is 1.16 bits per heavy atom. The van der Waals surface area contributed by atoms with E-state index in [9.17, 15) is 23.2 Å². The number of amides is 1. The number of halogens is 3. The minimum absolute atomic E-state index is 0.127. The second kappa shape index (κ2) is 6.14. The third-order valence-corrected chi connectivity index (χ3v) is 3.70. The number of ether oxygens (including phenoxy) is 1. The monoisotopic (exact) mass is 357 g/mol. The van der Waals surface area contributed by atoms with Crippen LogP contribution in [0.4, 0.5) is 13.2 Å². The van der Waals surface area contributed by atoms with Crippen molar-refractivity contribution in [2.24, 2.45) is 10.3 Å². The molecule has 136 valence electrons. The molecule has 1 heterocycles. The van der Waals surface area contributed by atoms with Crippen LogP contribution >= 0.6 is 0 Å². The third-order valence-electron chi connectivity index (χ3n) is 3.70. The zero-order valence-corrected chi connectivity index (χ0v) is 14.1. The molecule has 1 fully saturated rings. The molecule has 0 saturated carbocycles. The lowest BCUT2D eigenvalue weighted by Crippen LogP contribution is -2.34. The smallest absolute Gasteiger partial charge is 0.410 e. The van der Waals surface area contributed by atoms with Gasteiger partial charge in [-0.25, -0.2) is 5.43 Å². The molecule has 0 aromatic heterocycles. The fraction of sp³-hybridized carbons (Fsp3) is 0.438. The van der Waals surface area contributed by atoms with Crippen molar-refractivity contribution >= 4 is 17.3 Å². The van der Waals surface area contributed by atoms with Crippen molar-refractivity contribution < 1.29 is 27.9 Å². The molecule has 0 radical (unpaired) electrons. The number of benzene rings is 1. The summed E-state index contributed by atoms with van der Waals surface area (Å²) >= 11 is 0. The molecule has 0 atom stereocenters. The summed E-state index contributed by atoms with van der Waals surface area (Å²) in [6.45, 7) is 6.67. The summed E-state index contributed by atoms with van der Waals surface area (Å²) in [6, 6.07) is 3.98. The van der Waals surface area contributed by atoms with E-state index in [-0.39, 0.29) is 17.0 Å². The molecule has 2 rings (SSSR count). The van der Waals surface area contributed by atoms with Crippen LogP contribution in [0.3, 0.4) is 0 Å². The zero-order chi connectivity index (χ0) is 19.0. The van der Waals surface area contributed by atoms with E-state index in [0.717, 1.165) is 18.2 Å².